The van der Waals surface area contributed by atoms with Gasteiger partial charge in [-0.3, -0.25) is 9.69 Å². The lowest BCUT2D eigenvalue weighted by molar-refractivity contribution is -0.144. The summed E-state index contributed by atoms with van der Waals surface area (Å²) in [4.78, 5) is 23.7. The van der Waals surface area contributed by atoms with E-state index in [9.17, 15) is 14.4 Å². The quantitative estimate of drug-likeness (QED) is 0.732. The number of likely N-dealkylation sites (N-methyl/N-ethyl adjacent to an activating group) is 1. The van der Waals surface area contributed by atoms with Gasteiger partial charge < -0.3 is 14.5 Å². The molecule has 2 saturated heterocycles. The second kappa shape index (κ2) is 9.23. The molecule has 1 spiro atoms. The third-order valence-electron chi connectivity index (χ3n) is 6.38. The first-order valence-corrected chi connectivity index (χ1v) is 10.9. The summed E-state index contributed by atoms with van der Waals surface area (Å²) in [5, 5.41) is 9.44. The zero-order valence-electron chi connectivity index (χ0n) is 18.5. The Bertz CT molecular complexity index is 996. The van der Waals surface area contributed by atoms with Crippen LogP contribution in [0.2, 0.25) is 0 Å². The number of ether oxygens (including phenoxy) is 1. The average Bonchev–Trinajstić information content (AvgIpc) is 2.80. The van der Waals surface area contributed by atoms with Crippen molar-refractivity contribution in [1.82, 2.24) is 14.8 Å². The highest BCUT2D eigenvalue weighted by atomic mass is 19.1. The van der Waals surface area contributed by atoms with Crippen molar-refractivity contribution < 1.29 is 13.9 Å². The van der Waals surface area contributed by atoms with Crippen LogP contribution in [0, 0.1) is 17.1 Å². The van der Waals surface area contributed by atoms with Crippen molar-refractivity contribution in [2.24, 2.45) is 0 Å². The molecule has 1 amide bonds. The average molecular weight is 438 g/mol. The summed E-state index contributed by atoms with van der Waals surface area (Å²) in [6, 6.07) is 11.4. The number of carbonyl (C=O) groups excluding carboxylic acids is 1. The molecule has 1 atom stereocenters. The summed E-state index contributed by atoms with van der Waals surface area (Å²) in [6.07, 6.45) is 3.14. The largest absolute Gasteiger partial charge is 0.371 e. The molecule has 1 unspecified atom stereocenters. The van der Waals surface area contributed by atoms with Crippen molar-refractivity contribution in [3.05, 3.63) is 59.5 Å². The Hall–Kier alpha value is -3.02. The Morgan fingerprint density at radius 3 is 2.59 bits per heavy atom. The molecule has 2 aromatic rings. The summed E-state index contributed by atoms with van der Waals surface area (Å²) < 4.78 is 19.6. The van der Waals surface area contributed by atoms with Crippen LogP contribution in [0.4, 0.5) is 10.2 Å². The van der Waals surface area contributed by atoms with E-state index in [2.05, 4.69) is 16.0 Å². The van der Waals surface area contributed by atoms with Crippen molar-refractivity contribution in [1.29, 1.82) is 5.26 Å². The normalized spacial score (nSPS) is 19.1. The molecule has 7 nitrogen and oxygen atoms in total. The summed E-state index contributed by atoms with van der Waals surface area (Å²) in [5.41, 5.74) is 0.981. The highest BCUT2D eigenvalue weighted by Crippen LogP contribution is 2.34. The van der Waals surface area contributed by atoms with Gasteiger partial charge in [0.15, 0.2) is 0 Å². The minimum absolute atomic E-state index is 0.0145. The molecule has 0 bridgehead atoms. The second-order valence-electron chi connectivity index (χ2n) is 8.68. The van der Waals surface area contributed by atoms with E-state index in [1.807, 2.05) is 23.9 Å². The number of benzene rings is 1. The molecule has 0 saturated carbocycles. The number of carbonyl (C=O) groups is 1. The van der Waals surface area contributed by atoms with Crippen molar-refractivity contribution in [3.8, 4) is 6.07 Å². The smallest absolute Gasteiger partial charge is 0.244 e. The molecule has 32 heavy (non-hydrogen) atoms. The molecule has 1 aromatic heterocycles. The first kappa shape index (κ1) is 22.2. The number of halogens is 1. The number of nitriles is 1. The van der Waals surface area contributed by atoms with Crippen LogP contribution in [-0.4, -0.2) is 73.2 Å². The fraction of sp³-hybridized carbons (Fsp3) is 0.458. The molecule has 0 radical (unpaired) electrons. The highest BCUT2D eigenvalue weighted by Gasteiger charge is 2.42. The molecule has 2 aliphatic rings. The van der Waals surface area contributed by atoms with Crippen molar-refractivity contribution in [2.45, 2.75) is 24.5 Å². The Morgan fingerprint density at radius 1 is 1.22 bits per heavy atom. The van der Waals surface area contributed by atoms with Gasteiger partial charge >= 0.3 is 0 Å². The van der Waals surface area contributed by atoms with Gasteiger partial charge in [-0.05, 0) is 56.8 Å². The van der Waals surface area contributed by atoms with E-state index in [1.54, 1.807) is 30.5 Å². The van der Waals surface area contributed by atoms with Crippen molar-refractivity contribution in [2.75, 3.05) is 51.8 Å². The lowest BCUT2D eigenvalue weighted by Gasteiger charge is -2.48. The van der Waals surface area contributed by atoms with Crippen LogP contribution in [0.15, 0.2) is 42.6 Å². The van der Waals surface area contributed by atoms with E-state index in [-0.39, 0.29) is 17.3 Å². The van der Waals surface area contributed by atoms with Crippen LogP contribution >= 0.6 is 0 Å². The molecular formula is C24H28FN5O2. The van der Waals surface area contributed by atoms with Crippen LogP contribution in [0.5, 0.6) is 0 Å². The lowest BCUT2D eigenvalue weighted by atomic mass is 9.88. The number of likely N-dealkylation sites (tertiary alicyclic amines) is 1. The fourth-order valence-corrected chi connectivity index (χ4v) is 4.68. The van der Waals surface area contributed by atoms with Crippen LogP contribution < -0.4 is 4.90 Å². The standard InChI is InChI=1S/C24H28FN5O2/c1-28(2)21(18-5-7-20(25)8-6-18)23(31)29-12-9-24(10-13-29)17-30(14-15-32-24)22-19(16-26)4-3-11-27-22/h3-8,11,21H,9-10,12-15,17H2,1-2H3. The second-order valence-corrected chi connectivity index (χ2v) is 8.68. The predicted molar refractivity (Wildman–Crippen MR) is 118 cm³/mol. The first-order valence-electron chi connectivity index (χ1n) is 10.9. The highest BCUT2D eigenvalue weighted by molar-refractivity contribution is 5.83. The van der Waals surface area contributed by atoms with E-state index in [0.717, 1.165) is 5.56 Å². The van der Waals surface area contributed by atoms with Crippen LogP contribution in [-0.2, 0) is 9.53 Å². The van der Waals surface area contributed by atoms with E-state index >= 15 is 0 Å². The van der Waals surface area contributed by atoms with Crippen LogP contribution in [0.1, 0.15) is 30.0 Å². The molecule has 0 aliphatic carbocycles. The topological polar surface area (TPSA) is 72.7 Å². The molecule has 0 N–H and O–H groups in total. The summed E-state index contributed by atoms with van der Waals surface area (Å²) in [7, 11) is 3.72. The van der Waals surface area contributed by atoms with Gasteiger partial charge in [0.25, 0.3) is 0 Å². The number of morpholine rings is 1. The molecule has 168 valence electrons. The minimum Gasteiger partial charge on any atom is -0.371 e. The molecular weight excluding hydrogens is 409 g/mol. The number of rotatable bonds is 4. The molecule has 2 fully saturated rings. The van der Waals surface area contributed by atoms with E-state index in [4.69, 9.17) is 4.74 Å². The van der Waals surface area contributed by atoms with Gasteiger partial charge in [-0.15, -0.1) is 0 Å². The third-order valence-corrected chi connectivity index (χ3v) is 6.38. The zero-order chi connectivity index (χ0) is 22.7. The van der Waals surface area contributed by atoms with E-state index < -0.39 is 6.04 Å². The Balaban J connectivity index is 1.45. The number of nitrogens with zero attached hydrogens (tertiary/aromatic N) is 5. The summed E-state index contributed by atoms with van der Waals surface area (Å²) >= 11 is 0. The molecule has 8 heteroatoms. The third kappa shape index (κ3) is 4.45. The van der Waals surface area contributed by atoms with Gasteiger partial charge in [-0.1, -0.05) is 12.1 Å². The van der Waals surface area contributed by atoms with Crippen LogP contribution in [0.3, 0.4) is 0 Å². The Morgan fingerprint density at radius 2 is 1.94 bits per heavy atom. The summed E-state index contributed by atoms with van der Waals surface area (Å²) in [5.74, 6) is 0.394. The van der Waals surface area contributed by atoms with Gasteiger partial charge in [0.05, 0.1) is 17.8 Å². The number of hydrogen-bond acceptors (Lipinski definition) is 6. The van der Waals surface area contributed by atoms with Crippen molar-refractivity contribution in [3.63, 3.8) is 0 Å². The molecule has 2 aliphatic heterocycles. The Labute approximate surface area is 188 Å². The van der Waals surface area contributed by atoms with Gasteiger partial charge in [0.2, 0.25) is 5.91 Å². The number of piperidine rings is 1. The van der Waals surface area contributed by atoms with E-state index in [0.29, 0.717) is 57.0 Å². The molecule has 4 rings (SSSR count). The maximum Gasteiger partial charge on any atom is 0.244 e. The maximum absolute atomic E-state index is 13.4. The molecule has 3 heterocycles. The zero-order valence-corrected chi connectivity index (χ0v) is 18.5. The maximum atomic E-state index is 13.4. The number of amides is 1. The predicted octanol–water partition coefficient (Wildman–Crippen LogP) is 2.59. The van der Waals surface area contributed by atoms with Gasteiger partial charge in [-0.25, -0.2) is 9.37 Å². The van der Waals surface area contributed by atoms with Gasteiger partial charge in [0, 0.05) is 32.4 Å². The summed E-state index contributed by atoms with van der Waals surface area (Å²) in [6.45, 7) is 3.07. The van der Waals surface area contributed by atoms with Crippen molar-refractivity contribution >= 4 is 11.7 Å². The van der Waals surface area contributed by atoms with Gasteiger partial charge in [-0.2, -0.15) is 5.26 Å². The number of aromatic nitrogens is 1. The number of pyridine rings is 1. The monoisotopic (exact) mass is 437 g/mol. The Kier molecular flexibility index (Phi) is 6.40. The lowest BCUT2D eigenvalue weighted by Crippen LogP contribution is -2.58. The van der Waals surface area contributed by atoms with E-state index in [1.165, 1.54) is 12.1 Å². The van der Waals surface area contributed by atoms with Crippen LogP contribution in [0.25, 0.3) is 0 Å². The van der Waals surface area contributed by atoms with Gasteiger partial charge in [0.1, 0.15) is 23.7 Å². The number of anilines is 1. The SMILES string of the molecule is CN(C)C(C(=O)N1CCC2(CC1)CN(c1ncccc1C#N)CCO2)c1ccc(F)cc1. The first-order chi connectivity index (χ1) is 15.4. The fourth-order valence-electron chi connectivity index (χ4n) is 4.68. The molecule has 1 aromatic carbocycles. The number of hydrogen-bond donors (Lipinski definition) is 0. The minimum atomic E-state index is -0.458.